The zero-order valence-electron chi connectivity index (χ0n) is 17.3. The van der Waals surface area contributed by atoms with Gasteiger partial charge in [-0.15, -0.1) is 11.8 Å². The average molecular weight is 421 g/mol. The molecule has 30 heavy (non-hydrogen) atoms. The van der Waals surface area contributed by atoms with Crippen LogP contribution < -0.4 is 10.6 Å². The molecule has 0 radical (unpaired) electrons. The summed E-state index contributed by atoms with van der Waals surface area (Å²) in [5.74, 6) is 0.798. The monoisotopic (exact) mass is 420 g/mol. The highest BCUT2D eigenvalue weighted by Gasteiger charge is 2.39. The van der Waals surface area contributed by atoms with Gasteiger partial charge in [0.15, 0.2) is 0 Å². The number of carbonyl (C=O) groups excluding carboxylic acids is 1. The van der Waals surface area contributed by atoms with Gasteiger partial charge in [-0.25, -0.2) is 0 Å². The van der Waals surface area contributed by atoms with E-state index < -0.39 is 0 Å². The van der Waals surface area contributed by atoms with Crippen LogP contribution in [0, 0.1) is 5.92 Å². The summed E-state index contributed by atoms with van der Waals surface area (Å²) in [5.41, 5.74) is 4.23. The van der Waals surface area contributed by atoms with Gasteiger partial charge in [-0.1, -0.05) is 36.4 Å². The molecule has 156 valence electrons. The molecule has 3 aliphatic rings. The van der Waals surface area contributed by atoms with Crippen molar-refractivity contribution in [3.8, 4) is 0 Å². The summed E-state index contributed by atoms with van der Waals surface area (Å²) in [6.45, 7) is 1.38. The number of carbonyl (C=O) groups is 1. The zero-order chi connectivity index (χ0) is 20.5. The standard InChI is InChI=1S/C25H28N2O2S/c1-30-18-12-10-16(11-13-18)23-20-7-2-6-19(20)21-8-3-9-22(24(21)27-23)25(28)26-15-17-5-4-14-29-17/h2-3,6,8-13,17,19-20,23,27H,4-5,7,14-15H2,1H3,(H,26,28). The summed E-state index contributed by atoms with van der Waals surface area (Å²) in [4.78, 5) is 14.3. The van der Waals surface area contributed by atoms with E-state index in [0.29, 0.717) is 18.4 Å². The molecule has 2 N–H and O–H groups in total. The molecule has 0 spiro atoms. The first-order valence-corrected chi connectivity index (χ1v) is 12.1. The number of para-hydroxylation sites is 1. The van der Waals surface area contributed by atoms with Crippen LogP contribution in [0.5, 0.6) is 0 Å². The predicted molar refractivity (Wildman–Crippen MR) is 122 cm³/mol. The van der Waals surface area contributed by atoms with Gasteiger partial charge in [-0.05, 0) is 60.8 Å². The number of amides is 1. The summed E-state index contributed by atoms with van der Waals surface area (Å²) in [5, 5.41) is 6.86. The molecule has 5 heteroatoms. The van der Waals surface area contributed by atoms with E-state index in [1.807, 2.05) is 12.1 Å². The fraction of sp³-hybridized carbons (Fsp3) is 0.400. The lowest BCUT2D eigenvalue weighted by atomic mass is 9.76. The van der Waals surface area contributed by atoms with E-state index in [0.717, 1.165) is 37.1 Å². The number of benzene rings is 2. The minimum absolute atomic E-state index is 0.0215. The first-order valence-electron chi connectivity index (χ1n) is 10.8. The Hall–Kier alpha value is -2.24. The van der Waals surface area contributed by atoms with E-state index in [9.17, 15) is 4.79 Å². The number of anilines is 1. The molecule has 2 aliphatic heterocycles. The lowest BCUT2D eigenvalue weighted by Crippen LogP contribution is -2.34. The summed E-state index contributed by atoms with van der Waals surface area (Å²) in [6, 6.07) is 15.1. The fourth-order valence-corrected chi connectivity index (χ4v) is 5.47. The Morgan fingerprint density at radius 3 is 2.87 bits per heavy atom. The fourth-order valence-electron chi connectivity index (χ4n) is 5.06. The third kappa shape index (κ3) is 3.65. The normalized spacial score (nSPS) is 26.7. The minimum atomic E-state index is -0.0215. The number of nitrogens with one attached hydrogen (secondary N) is 2. The number of rotatable bonds is 5. The summed E-state index contributed by atoms with van der Waals surface area (Å²) < 4.78 is 5.66. The van der Waals surface area contributed by atoms with Crippen molar-refractivity contribution in [2.75, 3.05) is 24.7 Å². The molecular formula is C25H28N2O2S. The van der Waals surface area contributed by atoms with Crippen molar-refractivity contribution < 1.29 is 9.53 Å². The van der Waals surface area contributed by atoms with Gasteiger partial charge in [0.25, 0.3) is 5.91 Å². The van der Waals surface area contributed by atoms with E-state index in [2.05, 4.69) is 59.4 Å². The molecule has 0 bridgehead atoms. The van der Waals surface area contributed by atoms with E-state index in [4.69, 9.17) is 4.74 Å². The van der Waals surface area contributed by atoms with Gasteiger partial charge in [0.1, 0.15) is 0 Å². The van der Waals surface area contributed by atoms with Gasteiger partial charge in [-0.2, -0.15) is 0 Å². The van der Waals surface area contributed by atoms with Crippen LogP contribution in [0.2, 0.25) is 0 Å². The SMILES string of the molecule is CSc1ccc(C2Nc3c(C(=O)NCC4CCCO4)cccc3C3C=CCC32)cc1. The van der Waals surface area contributed by atoms with Crippen molar-refractivity contribution in [1.29, 1.82) is 0 Å². The van der Waals surface area contributed by atoms with Gasteiger partial charge in [0.05, 0.1) is 23.4 Å². The number of hydrogen-bond donors (Lipinski definition) is 2. The topological polar surface area (TPSA) is 50.4 Å². The summed E-state index contributed by atoms with van der Waals surface area (Å²) in [6.07, 6.45) is 10.0. The maximum absolute atomic E-state index is 13.1. The lowest BCUT2D eigenvalue weighted by molar-refractivity contribution is 0.0858. The lowest BCUT2D eigenvalue weighted by Gasteiger charge is -2.38. The number of fused-ring (bicyclic) bond motifs is 3. The van der Waals surface area contributed by atoms with Gasteiger partial charge < -0.3 is 15.4 Å². The van der Waals surface area contributed by atoms with Crippen LogP contribution >= 0.6 is 11.8 Å². The highest BCUT2D eigenvalue weighted by molar-refractivity contribution is 7.98. The second-order valence-electron chi connectivity index (χ2n) is 8.36. The van der Waals surface area contributed by atoms with Gasteiger partial charge >= 0.3 is 0 Å². The summed E-state index contributed by atoms with van der Waals surface area (Å²) in [7, 11) is 0. The Morgan fingerprint density at radius 2 is 2.10 bits per heavy atom. The molecule has 0 aromatic heterocycles. The van der Waals surface area contributed by atoms with Crippen LogP contribution in [-0.4, -0.2) is 31.4 Å². The molecule has 4 nitrogen and oxygen atoms in total. The molecule has 1 fully saturated rings. The third-order valence-electron chi connectivity index (χ3n) is 6.63. The predicted octanol–water partition coefficient (Wildman–Crippen LogP) is 5.14. The van der Waals surface area contributed by atoms with E-state index >= 15 is 0 Å². The number of hydrogen-bond acceptors (Lipinski definition) is 4. The van der Waals surface area contributed by atoms with Gasteiger partial charge in [-0.3, -0.25) is 4.79 Å². The van der Waals surface area contributed by atoms with E-state index in [1.165, 1.54) is 16.0 Å². The molecule has 4 unspecified atom stereocenters. The Morgan fingerprint density at radius 1 is 1.23 bits per heavy atom. The first kappa shape index (κ1) is 19.7. The van der Waals surface area contributed by atoms with E-state index in [-0.39, 0.29) is 18.1 Å². The van der Waals surface area contributed by atoms with Crippen LogP contribution in [0.4, 0.5) is 5.69 Å². The Labute approximate surface area is 182 Å². The van der Waals surface area contributed by atoms with Crippen molar-refractivity contribution >= 4 is 23.4 Å². The maximum atomic E-state index is 13.1. The molecule has 2 aromatic carbocycles. The molecule has 1 amide bonds. The Bertz CT molecular complexity index is 950. The van der Waals surface area contributed by atoms with Crippen LogP contribution in [0.1, 0.15) is 52.7 Å². The van der Waals surface area contributed by atoms with Crippen molar-refractivity contribution in [1.82, 2.24) is 5.32 Å². The van der Waals surface area contributed by atoms with Gasteiger partial charge in [0.2, 0.25) is 0 Å². The molecule has 4 atom stereocenters. The van der Waals surface area contributed by atoms with Crippen molar-refractivity contribution in [3.63, 3.8) is 0 Å². The Kier molecular flexibility index (Phi) is 5.57. The first-order chi connectivity index (χ1) is 14.7. The second kappa shape index (κ2) is 8.48. The third-order valence-corrected chi connectivity index (χ3v) is 7.37. The number of thioether (sulfide) groups is 1. The largest absolute Gasteiger partial charge is 0.377 e. The smallest absolute Gasteiger partial charge is 0.253 e. The molecule has 0 saturated carbocycles. The molecule has 1 aliphatic carbocycles. The van der Waals surface area contributed by atoms with Crippen LogP contribution in [0.25, 0.3) is 0 Å². The maximum Gasteiger partial charge on any atom is 0.253 e. The highest BCUT2D eigenvalue weighted by atomic mass is 32.2. The van der Waals surface area contributed by atoms with Gasteiger partial charge in [0, 0.05) is 24.0 Å². The minimum Gasteiger partial charge on any atom is -0.377 e. The molecule has 5 rings (SSSR count). The average Bonchev–Trinajstić information content (AvgIpc) is 3.49. The molecule has 2 aromatic rings. The Balaban J connectivity index is 1.44. The molecule has 1 saturated heterocycles. The molecular weight excluding hydrogens is 392 g/mol. The second-order valence-corrected chi connectivity index (χ2v) is 9.24. The van der Waals surface area contributed by atoms with Crippen LogP contribution in [-0.2, 0) is 4.74 Å². The number of allylic oxidation sites excluding steroid dienone is 2. The summed E-state index contributed by atoms with van der Waals surface area (Å²) >= 11 is 1.76. The van der Waals surface area contributed by atoms with Crippen LogP contribution in [0.3, 0.4) is 0 Å². The van der Waals surface area contributed by atoms with Crippen molar-refractivity contribution in [2.45, 2.75) is 42.2 Å². The highest BCUT2D eigenvalue weighted by Crippen LogP contribution is 2.50. The van der Waals surface area contributed by atoms with Crippen molar-refractivity contribution in [3.05, 3.63) is 71.3 Å². The number of ether oxygens (including phenoxy) is 1. The van der Waals surface area contributed by atoms with Crippen LogP contribution in [0.15, 0.2) is 59.5 Å². The van der Waals surface area contributed by atoms with E-state index in [1.54, 1.807) is 11.8 Å². The molecule has 2 heterocycles. The quantitative estimate of drug-likeness (QED) is 0.519. The van der Waals surface area contributed by atoms with Crippen molar-refractivity contribution in [2.24, 2.45) is 5.92 Å². The zero-order valence-corrected chi connectivity index (χ0v) is 18.1.